The third-order valence-corrected chi connectivity index (χ3v) is 4.07. The van der Waals surface area contributed by atoms with Crippen LogP contribution in [-0.4, -0.2) is 26.2 Å². The Kier molecular flexibility index (Phi) is 4.34. The Morgan fingerprint density at radius 1 is 1.08 bits per heavy atom. The third-order valence-electron chi connectivity index (χ3n) is 4.07. The molecule has 5 heteroatoms. The molecule has 0 aromatic heterocycles. The van der Waals surface area contributed by atoms with E-state index in [2.05, 4.69) is 0 Å². The lowest BCUT2D eigenvalue weighted by atomic mass is 10.1. The smallest absolute Gasteiger partial charge is 0.268 e. The molecular weight excluding hydrogens is 306 g/mol. The number of rotatable bonds is 4. The lowest BCUT2D eigenvalue weighted by molar-refractivity contribution is -0.125. The third kappa shape index (κ3) is 3.02. The van der Waals surface area contributed by atoms with Crippen molar-refractivity contribution in [2.75, 3.05) is 19.1 Å². The molecule has 1 amide bonds. The van der Waals surface area contributed by atoms with Gasteiger partial charge in [0, 0.05) is 6.07 Å². The summed E-state index contributed by atoms with van der Waals surface area (Å²) in [4.78, 5) is 14.4. The fourth-order valence-electron chi connectivity index (χ4n) is 2.82. The van der Waals surface area contributed by atoms with Gasteiger partial charge in [-0.25, -0.2) is 0 Å². The lowest BCUT2D eigenvalue weighted by Crippen LogP contribution is -2.44. The molecule has 1 heterocycles. The van der Waals surface area contributed by atoms with Crippen LogP contribution < -0.4 is 19.1 Å². The van der Waals surface area contributed by atoms with Gasteiger partial charge in [0.2, 0.25) is 0 Å². The van der Waals surface area contributed by atoms with Gasteiger partial charge in [-0.3, -0.25) is 4.79 Å². The number of aryl methyl sites for hydroxylation is 1. The van der Waals surface area contributed by atoms with Gasteiger partial charge in [-0.2, -0.15) is 0 Å². The van der Waals surface area contributed by atoms with Gasteiger partial charge >= 0.3 is 0 Å². The predicted octanol–water partition coefficient (Wildman–Crippen LogP) is 3.33. The zero-order chi connectivity index (χ0) is 17.3. The molecule has 24 heavy (non-hydrogen) atoms. The highest BCUT2D eigenvalue weighted by atomic mass is 16.5. The van der Waals surface area contributed by atoms with Gasteiger partial charge in [-0.1, -0.05) is 6.07 Å². The minimum atomic E-state index is -0.507. The highest BCUT2D eigenvalue weighted by Crippen LogP contribution is 2.36. The number of nitrogens with zero attached hydrogens (tertiary/aromatic N) is 1. The maximum Gasteiger partial charge on any atom is 0.268 e. The SMILES string of the molecule is COc1cc(CN2C(=O)C(C)Oc3ccc(C)cc32)cc(OC)c1. The summed E-state index contributed by atoms with van der Waals surface area (Å²) in [6, 6.07) is 11.5. The van der Waals surface area contributed by atoms with Crippen LogP contribution in [0.1, 0.15) is 18.1 Å². The average molecular weight is 327 g/mol. The first-order valence-electron chi connectivity index (χ1n) is 7.82. The zero-order valence-electron chi connectivity index (χ0n) is 14.3. The highest BCUT2D eigenvalue weighted by Gasteiger charge is 2.31. The van der Waals surface area contributed by atoms with E-state index in [1.54, 1.807) is 26.0 Å². The molecule has 0 aliphatic carbocycles. The van der Waals surface area contributed by atoms with Gasteiger partial charge in [-0.05, 0) is 49.2 Å². The minimum absolute atomic E-state index is 0.0603. The monoisotopic (exact) mass is 327 g/mol. The maximum atomic E-state index is 12.7. The van der Waals surface area contributed by atoms with Crippen molar-refractivity contribution in [2.45, 2.75) is 26.5 Å². The molecule has 5 nitrogen and oxygen atoms in total. The molecule has 0 saturated heterocycles. The van der Waals surface area contributed by atoms with Crippen LogP contribution in [0.5, 0.6) is 17.2 Å². The number of carbonyl (C=O) groups excluding carboxylic acids is 1. The van der Waals surface area contributed by atoms with Crippen LogP contribution >= 0.6 is 0 Å². The van der Waals surface area contributed by atoms with E-state index in [-0.39, 0.29) is 5.91 Å². The molecule has 0 spiro atoms. The molecule has 0 saturated carbocycles. The summed E-state index contributed by atoms with van der Waals surface area (Å²) in [5.74, 6) is 2.06. The van der Waals surface area contributed by atoms with Crippen molar-refractivity contribution in [3.63, 3.8) is 0 Å². The number of fused-ring (bicyclic) bond motifs is 1. The zero-order valence-corrected chi connectivity index (χ0v) is 14.3. The Bertz CT molecular complexity index is 750. The van der Waals surface area contributed by atoms with Crippen molar-refractivity contribution in [3.05, 3.63) is 47.5 Å². The van der Waals surface area contributed by atoms with Crippen molar-refractivity contribution < 1.29 is 19.0 Å². The molecule has 0 N–H and O–H groups in total. The Morgan fingerprint density at radius 3 is 2.38 bits per heavy atom. The van der Waals surface area contributed by atoms with E-state index in [1.165, 1.54) is 0 Å². The number of anilines is 1. The molecule has 126 valence electrons. The number of amides is 1. The normalized spacial score (nSPS) is 16.4. The van der Waals surface area contributed by atoms with E-state index in [9.17, 15) is 4.79 Å². The topological polar surface area (TPSA) is 48.0 Å². The lowest BCUT2D eigenvalue weighted by Gasteiger charge is -2.33. The standard InChI is InChI=1S/C19H21NO4/c1-12-5-6-18-17(7-12)20(19(21)13(2)24-18)11-14-8-15(22-3)10-16(9-14)23-4/h5-10,13H,11H2,1-4H3. The van der Waals surface area contributed by atoms with Crippen molar-refractivity contribution >= 4 is 11.6 Å². The van der Waals surface area contributed by atoms with E-state index in [0.717, 1.165) is 22.6 Å². The van der Waals surface area contributed by atoms with Crippen LogP contribution in [-0.2, 0) is 11.3 Å². The first kappa shape index (κ1) is 16.2. The van der Waals surface area contributed by atoms with Gasteiger partial charge in [0.1, 0.15) is 17.2 Å². The van der Waals surface area contributed by atoms with Crippen LogP contribution in [0.2, 0.25) is 0 Å². The molecule has 1 unspecified atom stereocenters. The summed E-state index contributed by atoms with van der Waals surface area (Å²) in [5, 5.41) is 0. The second-order valence-corrected chi connectivity index (χ2v) is 5.88. The molecular formula is C19H21NO4. The predicted molar refractivity (Wildman–Crippen MR) is 92.0 cm³/mol. The Labute approximate surface area is 141 Å². The van der Waals surface area contributed by atoms with Gasteiger partial charge in [0.25, 0.3) is 5.91 Å². The minimum Gasteiger partial charge on any atom is -0.497 e. The Hall–Kier alpha value is -2.69. The maximum absolute atomic E-state index is 12.7. The van der Waals surface area contributed by atoms with Gasteiger partial charge in [0.15, 0.2) is 6.10 Å². The van der Waals surface area contributed by atoms with Crippen molar-refractivity contribution in [3.8, 4) is 17.2 Å². The average Bonchev–Trinajstić information content (AvgIpc) is 2.59. The fourth-order valence-corrected chi connectivity index (χ4v) is 2.82. The summed E-state index contributed by atoms with van der Waals surface area (Å²) in [6.07, 6.45) is -0.507. The summed E-state index contributed by atoms with van der Waals surface area (Å²) < 4.78 is 16.3. The Morgan fingerprint density at radius 2 is 1.75 bits per heavy atom. The van der Waals surface area contributed by atoms with Crippen LogP contribution in [0, 0.1) is 6.92 Å². The highest BCUT2D eigenvalue weighted by molar-refractivity contribution is 5.99. The number of benzene rings is 2. The number of ether oxygens (including phenoxy) is 3. The second-order valence-electron chi connectivity index (χ2n) is 5.88. The van der Waals surface area contributed by atoms with E-state index in [1.807, 2.05) is 43.3 Å². The van der Waals surface area contributed by atoms with E-state index in [0.29, 0.717) is 18.0 Å². The van der Waals surface area contributed by atoms with E-state index < -0.39 is 6.10 Å². The number of methoxy groups -OCH3 is 2. The van der Waals surface area contributed by atoms with Gasteiger partial charge in [-0.15, -0.1) is 0 Å². The quantitative estimate of drug-likeness (QED) is 0.864. The molecule has 1 aliphatic heterocycles. The summed E-state index contributed by atoms with van der Waals surface area (Å²) >= 11 is 0. The van der Waals surface area contributed by atoms with Gasteiger partial charge in [0.05, 0.1) is 26.5 Å². The van der Waals surface area contributed by atoms with E-state index >= 15 is 0 Å². The first-order valence-corrected chi connectivity index (χ1v) is 7.82. The molecule has 0 fully saturated rings. The summed E-state index contributed by atoms with van der Waals surface area (Å²) in [5.41, 5.74) is 2.80. The number of carbonyl (C=O) groups is 1. The molecule has 3 rings (SSSR count). The van der Waals surface area contributed by atoms with Crippen molar-refractivity contribution in [1.29, 1.82) is 0 Å². The number of hydrogen-bond donors (Lipinski definition) is 0. The Balaban J connectivity index is 2.00. The first-order chi connectivity index (χ1) is 11.5. The molecule has 1 atom stereocenters. The molecule has 1 aliphatic rings. The molecule has 0 bridgehead atoms. The molecule has 2 aromatic carbocycles. The van der Waals surface area contributed by atoms with Crippen molar-refractivity contribution in [2.24, 2.45) is 0 Å². The molecule has 0 radical (unpaired) electrons. The number of hydrogen-bond acceptors (Lipinski definition) is 4. The van der Waals surface area contributed by atoms with Crippen LogP contribution in [0.25, 0.3) is 0 Å². The van der Waals surface area contributed by atoms with Gasteiger partial charge < -0.3 is 19.1 Å². The van der Waals surface area contributed by atoms with Crippen LogP contribution in [0.15, 0.2) is 36.4 Å². The summed E-state index contributed by atoms with van der Waals surface area (Å²) in [7, 11) is 3.22. The van der Waals surface area contributed by atoms with E-state index in [4.69, 9.17) is 14.2 Å². The fraction of sp³-hybridized carbons (Fsp3) is 0.316. The van der Waals surface area contributed by atoms with Crippen LogP contribution in [0.3, 0.4) is 0 Å². The summed E-state index contributed by atoms with van der Waals surface area (Å²) in [6.45, 7) is 4.19. The molecule has 2 aromatic rings. The second kappa shape index (κ2) is 6.43. The van der Waals surface area contributed by atoms with Crippen LogP contribution in [0.4, 0.5) is 5.69 Å². The largest absolute Gasteiger partial charge is 0.497 e. The van der Waals surface area contributed by atoms with Crippen molar-refractivity contribution in [1.82, 2.24) is 0 Å².